The molecule has 2 rings (SSSR count). The highest BCUT2D eigenvalue weighted by Crippen LogP contribution is 2.16. The summed E-state index contributed by atoms with van der Waals surface area (Å²) >= 11 is 0. The van der Waals surface area contributed by atoms with E-state index in [-0.39, 0.29) is 24.0 Å². The predicted molar refractivity (Wildman–Crippen MR) is 110 cm³/mol. The first-order valence-corrected chi connectivity index (χ1v) is 9.22. The SMILES string of the molecule is CCN1CCCC1CN=C(N)NCCC(C)N1CCCCC1.I. The van der Waals surface area contributed by atoms with E-state index >= 15 is 0 Å². The normalized spacial score (nSPS) is 25.1. The molecule has 0 saturated carbocycles. The van der Waals surface area contributed by atoms with Crippen LogP contribution in [0.1, 0.15) is 52.4 Å². The Kier molecular flexibility index (Phi) is 10.5. The van der Waals surface area contributed by atoms with Gasteiger partial charge in [0.2, 0.25) is 0 Å². The topological polar surface area (TPSA) is 56.9 Å². The summed E-state index contributed by atoms with van der Waals surface area (Å²) in [6.07, 6.45) is 7.82. The summed E-state index contributed by atoms with van der Waals surface area (Å²) in [5, 5.41) is 3.29. The summed E-state index contributed by atoms with van der Waals surface area (Å²) in [5.41, 5.74) is 6.01. The molecule has 2 unspecified atom stereocenters. The molecule has 2 heterocycles. The van der Waals surface area contributed by atoms with Crippen molar-refractivity contribution in [1.29, 1.82) is 0 Å². The molecule has 0 bridgehead atoms. The molecule has 0 aromatic rings. The van der Waals surface area contributed by atoms with Crippen LogP contribution in [-0.2, 0) is 0 Å². The van der Waals surface area contributed by atoms with Crippen LogP contribution in [0.4, 0.5) is 0 Å². The van der Waals surface area contributed by atoms with E-state index in [2.05, 4.69) is 34.0 Å². The number of nitrogens with two attached hydrogens (primary N) is 1. The highest BCUT2D eigenvalue weighted by molar-refractivity contribution is 14.0. The minimum absolute atomic E-state index is 0. The predicted octanol–water partition coefficient (Wildman–Crippen LogP) is 2.26. The monoisotopic (exact) mass is 437 g/mol. The van der Waals surface area contributed by atoms with E-state index in [1.807, 2.05) is 0 Å². The number of nitrogens with one attached hydrogen (secondary N) is 1. The molecule has 2 atom stereocenters. The molecule has 0 aromatic carbocycles. The second-order valence-corrected chi connectivity index (χ2v) is 6.81. The summed E-state index contributed by atoms with van der Waals surface area (Å²) in [6.45, 7) is 11.2. The summed E-state index contributed by atoms with van der Waals surface area (Å²) in [5.74, 6) is 0.619. The first-order chi connectivity index (χ1) is 10.7. The molecule has 0 aliphatic carbocycles. The van der Waals surface area contributed by atoms with E-state index in [9.17, 15) is 0 Å². The van der Waals surface area contributed by atoms with Crippen molar-refractivity contribution in [2.24, 2.45) is 10.7 Å². The van der Waals surface area contributed by atoms with Gasteiger partial charge < -0.3 is 16.0 Å². The number of aliphatic imine (C=N–C) groups is 1. The smallest absolute Gasteiger partial charge is 0.188 e. The first-order valence-electron chi connectivity index (χ1n) is 9.22. The van der Waals surface area contributed by atoms with Gasteiger partial charge in [-0.3, -0.25) is 9.89 Å². The Hall–Kier alpha value is -0.0800. The van der Waals surface area contributed by atoms with Crippen molar-refractivity contribution < 1.29 is 0 Å². The third kappa shape index (κ3) is 7.13. The molecule has 136 valence electrons. The Labute approximate surface area is 159 Å². The maximum atomic E-state index is 6.01. The molecular formula is C17H36IN5. The van der Waals surface area contributed by atoms with Crippen LogP contribution in [0.2, 0.25) is 0 Å². The van der Waals surface area contributed by atoms with Gasteiger partial charge in [0, 0.05) is 18.6 Å². The van der Waals surface area contributed by atoms with Crippen molar-refractivity contribution in [3.05, 3.63) is 0 Å². The molecule has 3 N–H and O–H groups in total. The van der Waals surface area contributed by atoms with Crippen molar-refractivity contribution in [2.45, 2.75) is 64.5 Å². The van der Waals surface area contributed by atoms with Gasteiger partial charge >= 0.3 is 0 Å². The lowest BCUT2D eigenvalue weighted by molar-refractivity contribution is 0.167. The molecule has 23 heavy (non-hydrogen) atoms. The number of rotatable bonds is 7. The minimum Gasteiger partial charge on any atom is -0.370 e. The van der Waals surface area contributed by atoms with Gasteiger partial charge in [0.1, 0.15) is 0 Å². The van der Waals surface area contributed by atoms with Crippen LogP contribution in [0, 0.1) is 0 Å². The zero-order chi connectivity index (χ0) is 15.8. The third-order valence-corrected chi connectivity index (χ3v) is 5.26. The minimum atomic E-state index is 0. The molecule has 2 aliphatic rings. The zero-order valence-corrected chi connectivity index (χ0v) is 17.3. The average molecular weight is 437 g/mol. The van der Waals surface area contributed by atoms with Crippen LogP contribution < -0.4 is 11.1 Å². The summed E-state index contributed by atoms with van der Waals surface area (Å²) in [6, 6.07) is 1.24. The summed E-state index contributed by atoms with van der Waals surface area (Å²) in [4.78, 5) is 9.66. The molecule has 0 spiro atoms. The molecular weight excluding hydrogens is 401 g/mol. The second-order valence-electron chi connectivity index (χ2n) is 6.81. The van der Waals surface area contributed by atoms with Crippen LogP contribution in [-0.4, -0.2) is 67.1 Å². The fourth-order valence-electron chi connectivity index (χ4n) is 3.73. The molecule has 0 radical (unpaired) electrons. The van der Waals surface area contributed by atoms with Crippen molar-refractivity contribution in [1.82, 2.24) is 15.1 Å². The molecule has 5 nitrogen and oxygen atoms in total. The number of nitrogens with zero attached hydrogens (tertiary/aromatic N) is 3. The fourth-order valence-corrected chi connectivity index (χ4v) is 3.73. The Bertz CT molecular complexity index is 344. The van der Waals surface area contributed by atoms with Gasteiger partial charge in [0.15, 0.2) is 5.96 Å². The van der Waals surface area contributed by atoms with E-state index < -0.39 is 0 Å². The number of piperidine rings is 1. The van der Waals surface area contributed by atoms with Crippen LogP contribution in [0.3, 0.4) is 0 Å². The van der Waals surface area contributed by atoms with Crippen molar-refractivity contribution in [3.63, 3.8) is 0 Å². The van der Waals surface area contributed by atoms with Gasteiger partial charge in [0.05, 0.1) is 6.54 Å². The van der Waals surface area contributed by atoms with Crippen molar-refractivity contribution >= 4 is 29.9 Å². The van der Waals surface area contributed by atoms with Crippen LogP contribution in [0.15, 0.2) is 4.99 Å². The Morgan fingerprint density at radius 1 is 1.22 bits per heavy atom. The maximum Gasteiger partial charge on any atom is 0.188 e. The Balaban J connectivity index is 0.00000264. The molecule has 0 amide bonds. The van der Waals surface area contributed by atoms with E-state index in [0.29, 0.717) is 18.0 Å². The van der Waals surface area contributed by atoms with Gasteiger partial charge in [0.25, 0.3) is 0 Å². The van der Waals surface area contributed by atoms with Crippen molar-refractivity contribution in [3.8, 4) is 0 Å². The van der Waals surface area contributed by atoms with Gasteiger partial charge in [-0.1, -0.05) is 13.3 Å². The Morgan fingerprint density at radius 2 is 1.96 bits per heavy atom. The van der Waals surface area contributed by atoms with Gasteiger partial charge in [-0.15, -0.1) is 24.0 Å². The Morgan fingerprint density at radius 3 is 2.65 bits per heavy atom. The fraction of sp³-hybridized carbons (Fsp3) is 0.941. The van der Waals surface area contributed by atoms with E-state index in [1.165, 1.54) is 51.7 Å². The van der Waals surface area contributed by atoms with Crippen molar-refractivity contribution in [2.75, 3.05) is 39.3 Å². The first kappa shape index (κ1) is 21.0. The molecule has 0 aromatic heterocycles. The van der Waals surface area contributed by atoms with E-state index in [4.69, 9.17) is 5.73 Å². The van der Waals surface area contributed by atoms with E-state index in [1.54, 1.807) is 0 Å². The third-order valence-electron chi connectivity index (χ3n) is 5.26. The lowest BCUT2D eigenvalue weighted by Crippen LogP contribution is -2.41. The number of hydrogen-bond acceptors (Lipinski definition) is 3. The lowest BCUT2D eigenvalue weighted by Gasteiger charge is -2.32. The quantitative estimate of drug-likeness (QED) is 0.365. The van der Waals surface area contributed by atoms with Gasteiger partial charge in [-0.2, -0.15) is 0 Å². The zero-order valence-electron chi connectivity index (χ0n) is 15.0. The number of likely N-dealkylation sites (tertiary alicyclic amines) is 2. The number of guanidine groups is 1. The molecule has 2 fully saturated rings. The largest absolute Gasteiger partial charge is 0.370 e. The number of likely N-dealkylation sites (N-methyl/N-ethyl adjacent to an activating group) is 1. The molecule has 2 saturated heterocycles. The number of hydrogen-bond donors (Lipinski definition) is 2. The molecule has 2 aliphatic heterocycles. The summed E-state index contributed by atoms with van der Waals surface area (Å²) < 4.78 is 0. The second kappa shape index (κ2) is 11.5. The lowest BCUT2D eigenvalue weighted by atomic mass is 10.1. The van der Waals surface area contributed by atoms with Crippen LogP contribution >= 0.6 is 24.0 Å². The highest BCUT2D eigenvalue weighted by atomic mass is 127. The summed E-state index contributed by atoms with van der Waals surface area (Å²) in [7, 11) is 0. The number of halogens is 1. The van der Waals surface area contributed by atoms with Gasteiger partial charge in [-0.25, -0.2) is 0 Å². The van der Waals surface area contributed by atoms with Crippen LogP contribution in [0.5, 0.6) is 0 Å². The van der Waals surface area contributed by atoms with Gasteiger partial charge in [-0.05, 0) is 65.2 Å². The van der Waals surface area contributed by atoms with E-state index in [0.717, 1.165) is 26.1 Å². The van der Waals surface area contributed by atoms with Crippen LogP contribution in [0.25, 0.3) is 0 Å². The average Bonchev–Trinajstić information content (AvgIpc) is 3.01. The maximum absolute atomic E-state index is 6.01. The highest BCUT2D eigenvalue weighted by Gasteiger charge is 2.22. The molecule has 6 heteroatoms. The standard InChI is InChI=1S/C17H35N5.HI/c1-3-21-13-7-8-16(21)14-20-17(18)19-10-9-15(2)22-11-5-4-6-12-22;/h15-16H,3-14H2,1-2H3,(H3,18,19,20);1H.